The van der Waals surface area contributed by atoms with Crippen LogP contribution in [0.1, 0.15) is 19.8 Å². The lowest BCUT2D eigenvalue weighted by Gasteiger charge is -2.64. The summed E-state index contributed by atoms with van der Waals surface area (Å²) in [6.07, 6.45) is 14.0. The molecule has 1 saturated carbocycles. The van der Waals surface area contributed by atoms with Gasteiger partial charge in [0.1, 0.15) is 5.41 Å². The van der Waals surface area contributed by atoms with Crippen LogP contribution in [0.25, 0.3) is 0 Å². The van der Waals surface area contributed by atoms with Gasteiger partial charge in [-0.25, -0.2) is 0 Å². The summed E-state index contributed by atoms with van der Waals surface area (Å²) in [5.41, 5.74) is 0.979. The van der Waals surface area contributed by atoms with Crippen LogP contribution in [0.5, 0.6) is 0 Å². The van der Waals surface area contributed by atoms with Crippen molar-refractivity contribution in [2.75, 3.05) is 0 Å². The van der Waals surface area contributed by atoms with E-state index in [-0.39, 0.29) is 17.3 Å². The third-order valence-electron chi connectivity index (χ3n) is 6.82. The van der Waals surface area contributed by atoms with Gasteiger partial charge in [-0.2, -0.15) is 10.5 Å². The van der Waals surface area contributed by atoms with Gasteiger partial charge < -0.3 is 0 Å². The van der Waals surface area contributed by atoms with Crippen molar-refractivity contribution in [2.24, 2.45) is 34.0 Å². The van der Waals surface area contributed by atoms with Gasteiger partial charge in [-0.15, -0.1) is 13.2 Å². The summed E-state index contributed by atoms with van der Waals surface area (Å²) in [6.45, 7) is 10.2. The van der Waals surface area contributed by atoms with Crippen LogP contribution in [-0.2, 0) is 0 Å². The normalized spacial score (nSPS) is 48.6. The molecule has 0 aromatic heterocycles. The third-order valence-corrected chi connectivity index (χ3v) is 6.82. The highest BCUT2D eigenvalue weighted by atomic mass is 14.7. The zero-order chi connectivity index (χ0) is 16.5. The summed E-state index contributed by atoms with van der Waals surface area (Å²) in [5.74, 6) is 0.634. The molecule has 23 heavy (non-hydrogen) atoms. The van der Waals surface area contributed by atoms with Crippen molar-refractivity contribution < 1.29 is 0 Å². The number of allylic oxidation sites excluding steroid dienone is 8. The molecule has 2 heteroatoms. The van der Waals surface area contributed by atoms with Gasteiger partial charge in [0.15, 0.2) is 0 Å². The highest BCUT2D eigenvalue weighted by Crippen LogP contribution is 2.76. The lowest BCUT2D eigenvalue weighted by molar-refractivity contribution is 0.0118. The first-order chi connectivity index (χ1) is 11.0. The largest absolute Gasteiger partial charge is 0.197 e. The molecule has 0 radical (unpaired) electrons. The molecule has 0 aromatic rings. The molecule has 0 saturated heterocycles. The maximum atomic E-state index is 10.1. The molecule has 0 N–H and O–H groups in total. The van der Waals surface area contributed by atoms with E-state index in [1.54, 1.807) is 0 Å². The lowest BCUT2D eigenvalue weighted by atomic mass is 9.36. The van der Waals surface area contributed by atoms with E-state index in [1.165, 1.54) is 11.1 Å². The molecule has 4 rings (SSSR count). The lowest BCUT2D eigenvalue weighted by Crippen LogP contribution is -2.61. The molecule has 114 valence electrons. The third kappa shape index (κ3) is 1.23. The predicted molar refractivity (Wildman–Crippen MR) is 89.6 cm³/mol. The fourth-order valence-electron chi connectivity index (χ4n) is 5.60. The summed E-state index contributed by atoms with van der Waals surface area (Å²) in [4.78, 5) is 0. The maximum Gasteiger partial charge on any atom is 0.104 e. The zero-order valence-corrected chi connectivity index (χ0v) is 13.4. The van der Waals surface area contributed by atoms with E-state index >= 15 is 0 Å². The van der Waals surface area contributed by atoms with Crippen molar-refractivity contribution >= 4 is 0 Å². The van der Waals surface area contributed by atoms with Crippen LogP contribution in [0, 0.1) is 56.7 Å². The highest BCUT2D eigenvalue weighted by Gasteiger charge is 2.72. The van der Waals surface area contributed by atoms with Crippen LogP contribution < -0.4 is 0 Å². The van der Waals surface area contributed by atoms with Crippen molar-refractivity contribution in [2.45, 2.75) is 19.8 Å². The van der Waals surface area contributed by atoms with Crippen molar-refractivity contribution in [1.82, 2.24) is 0 Å². The average molecular weight is 300 g/mol. The van der Waals surface area contributed by atoms with Gasteiger partial charge in [0, 0.05) is 11.3 Å². The summed E-state index contributed by atoms with van der Waals surface area (Å²) in [5, 5.41) is 20.1. The van der Waals surface area contributed by atoms with Gasteiger partial charge in [-0.1, -0.05) is 49.0 Å². The number of hydrogen-bond donors (Lipinski definition) is 0. The quantitative estimate of drug-likeness (QED) is 0.706. The SMILES string of the molecule is C=C[C@H]1CC2=C3[C@]1(C#N)C=C[C@]1(C#N)C[C@H](C=C)[C@]31C=C[C@H]2C. The Bertz CT molecular complexity index is 799. The van der Waals surface area contributed by atoms with E-state index < -0.39 is 10.8 Å². The number of hydrogen-bond acceptors (Lipinski definition) is 2. The van der Waals surface area contributed by atoms with Gasteiger partial charge in [0.05, 0.1) is 17.6 Å². The molecule has 0 amide bonds. The van der Waals surface area contributed by atoms with E-state index in [0.717, 1.165) is 12.8 Å². The molecule has 4 aliphatic rings. The van der Waals surface area contributed by atoms with Crippen molar-refractivity contribution in [3.63, 3.8) is 0 Å². The van der Waals surface area contributed by atoms with E-state index in [9.17, 15) is 10.5 Å². The molecule has 2 nitrogen and oxygen atoms in total. The minimum Gasteiger partial charge on any atom is -0.197 e. The van der Waals surface area contributed by atoms with Gasteiger partial charge >= 0.3 is 0 Å². The van der Waals surface area contributed by atoms with E-state index in [1.807, 2.05) is 24.3 Å². The monoisotopic (exact) mass is 300 g/mol. The average Bonchev–Trinajstić information content (AvgIpc) is 2.91. The smallest absolute Gasteiger partial charge is 0.104 e. The van der Waals surface area contributed by atoms with Crippen LogP contribution in [0.15, 0.2) is 60.8 Å². The molecule has 0 bridgehead atoms. The minimum absolute atomic E-state index is 0.0933. The molecule has 1 spiro atoms. The molecular weight excluding hydrogens is 280 g/mol. The number of nitriles is 2. The van der Waals surface area contributed by atoms with E-state index in [0.29, 0.717) is 5.92 Å². The van der Waals surface area contributed by atoms with Gasteiger partial charge in [0.2, 0.25) is 0 Å². The van der Waals surface area contributed by atoms with E-state index in [4.69, 9.17) is 0 Å². The first kappa shape index (κ1) is 14.3. The van der Waals surface area contributed by atoms with Crippen LogP contribution >= 0.6 is 0 Å². The Hall–Kier alpha value is -2.32. The second-order valence-electron chi connectivity index (χ2n) is 7.41. The zero-order valence-electron chi connectivity index (χ0n) is 13.4. The second kappa shape index (κ2) is 4.15. The van der Waals surface area contributed by atoms with Crippen LogP contribution in [0.2, 0.25) is 0 Å². The Morgan fingerprint density at radius 2 is 1.87 bits per heavy atom. The summed E-state index contributed by atoms with van der Waals surface area (Å²) in [7, 11) is 0. The maximum absolute atomic E-state index is 10.1. The number of rotatable bonds is 2. The van der Waals surface area contributed by atoms with Crippen molar-refractivity contribution in [3.8, 4) is 12.1 Å². The standard InChI is InChI=1S/C21H20N2/c1-4-15-10-17-14(3)6-7-21-16(5-2)11-19(21,12-22)8-9-20(15,13-23)18(17)21/h4-9,14-16H,1-2,10-11H2,3H3/t14-,15+,16+,19-,20+,21-/m1/s1. The molecule has 6 atom stereocenters. The van der Waals surface area contributed by atoms with Crippen LogP contribution in [0.4, 0.5) is 0 Å². The van der Waals surface area contributed by atoms with Gasteiger partial charge in [-0.3, -0.25) is 0 Å². The van der Waals surface area contributed by atoms with Gasteiger partial charge in [-0.05, 0) is 30.3 Å². The van der Waals surface area contributed by atoms with E-state index in [2.05, 4.69) is 44.4 Å². The second-order valence-corrected chi connectivity index (χ2v) is 7.41. The molecule has 4 aliphatic carbocycles. The molecule has 0 heterocycles. The summed E-state index contributed by atoms with van der Waals surface area (Å²) < 4.78 is 0. The topological polar surface area (TPSA) is 47.6 Å². The Labute approximate surface area is 137 Å². The highest BCUT2D eigenvalue weighted by molar-refractivity contribution is 5.61. The van der Waals surface area contributed by atoms with Crippen LogP contribution in [-0.4, -0.2) is 0 Å². The van der Waals surface area contributed by atoms with Crippen LogP contribution in [0.3, 0.4) is 0 Å². The Kier molecular flexibility index (Phi) is 2.58. The fourth-order valence-corrected chi connectivity index (χ4v) is 5.60. The Balaban J connectivity index is 2.09. The Morgan fingerprint density at radius 1 is 1.13 bits per heavy atom. The molecule has 0 aromatic carbocycles. The fraction of sp³-hybridized carbons (Fsp3) is 0.429. The number of nitrogens with zero attached hydrogens (tertiary/aromatic N) is 2. The first-order valence-electron chi connectivity index (χ1n) is 8.26. The minimum atomic E-state index is -0.641. The first-order valence-corrected chi connectivity index (χ1v) is 8.26. The molecule has 1 fully saturated rings. The van der Waals surface area contributed by atoms with Crippen molar-refractivity contribution in [1.29, 1.82) is 10.5 Å². The Morgan fingerprint density at radius 3 is 2.48 bits per heavy atom. The molecular formula is C21H20N2. The van der Waals surface area contributed by atoms with Gasteiger partial charge in [0.25, 0.3) is 0 Å². The predicted octanol–water partition coefficient (Wildman–Crippen LogP) is 4.48. The summed E-state index contributed by atoms with van der Waals surface area (Å²) in [6, 6.07) is 5.18. The van der Waals surface area contributed by atoms with Crippen molar-refractivity contribution in [3.05, 3.63) is 60.8 Å². The molecule has 0 aliphatic heterocycles. The summed E-state index contributed by atoms with van der Waals surface area (Å²) >= 11 is 0. The molecule has 0 unspecified atom stereocenters.